The molecule has 1 aromatic rings. The molecule has 17 heavy (non-hydrogen) atoms. The van der Waals surface area contributed by atoms with Crippen molar-refractivity contribution in [3.63, 3.8) is 0 Å². The zero-order chi connectivity index (χ0) is 12.9. The number of hydrogen-bond acceptors (Lipinski definition) is 2. The zero-order valence-corrected chi connectivity index (χ0v) is 9.26. The summed E-state index contributed by atoms with van der Waals surface area (Å²) in [7, 11) is 0. The van der Waals surface area contributed by atoms with Gasteiger partial charge < -0.3 is 5.73 Å². The van der Waals surface area contributed by atoms with E-state index in [0.717, 1.165) is 6.07 Å². The lowest BCUT2D eigenvalue weighted by Gasteiger charge is -2.11. The number of carbonyl (C=O) groups is 1. The van der Waals surface area contributed by atoms with Gasteiger partial charge in [-0.25, -0.2) is 0 Å². The first-order valence-corrected chi connectivity index (χ1v) is 5.36. The molecule has 0 unspecified atom stereocenters. The molecule has 0 aromatic heterocycles. The van der Waals surface area contributed by atoms with Crippen LogP contribution < -0.4 is 5.73 Å². The molecule has 0 saturated heterocycles. The maximum absolute atomic E-state index is 12.6. The van der Waals surface area contributed by atoms with E-state index in [2.05, 4.69) is 0 Å². The van der Waals surface area contributed by atoms with Crippen molar-refractivity contribution in [1.82, 2.24) is 0 Å². The van der Waals surface area contributed by atoms with Gasteiger partial charge in [0.2, 0.25) is 0 Å². The normalized spacial score (nSPS) is 11.5. The molecule has 0 bridgehead atoms. The minimum absolute atomic E-state index is 0.101. The number of halogens is 3. The smallest absolute Gasteiger partial charge is 0.330 e. The Kier molecular flexibility index (Phi) is 4.69. The summed E-state index contributed by atoms with van der Waals surface area (Å²) in [6.45, 7) is 0.439. The largest absolute Gasteiger partial charge is 0.417 e. The Balaban J connectivity index is 2.86. The maximum atomic E-state index is 12.6. The molecule has 1 rings (SSSR count). The molecular formula is C12H14F3NO. The van der Waals surface area contributed by atoms with Crippen molar-refractivity contribution in [2.75, 3.05) is 6.54 Å². The summed E-state index contributed by atoms with van der Waals surface area (Å²) in [6, 6.07) is 4.86. The SMILES string of the molecule is NCCCCC(=O)c1ccccc1C(F)(F)F. The van der Waals surface area contributed by atoms with Gasteiger partial charge in [0.15, 0.2) is 5.78 Å². The Morgan fingerprint density at radius 3 is 2.41 bits per heavy atom. The number of unbranched alkanes of at least 4 members (excludes halogenated alkanes) is 1. The number of carbonyl (C=O) groups excluding carboxylic acids is 1. The third-order valence-corrected chi connectivity index (χ3v) is 2.39. The summed E-state index contributed by atoms with van der Waals surface area (Å²) in [6.07, 6.45) is -3.23. The van der Waals surface area contributed by atoms with Crippen LogP contribution in [0.4, 0.5) is 13.2 Å². The van der Waals surface area contributed by atoms with E-state index in [9.17, 15) is 18.0 Å². The number of rotatable bonds is 5. The third kappa shape index (κ3) is 3.85. The van der Waals surface area contributed by atoms with E-state index in [1.165, 1.54) is 18.2 Å². The number of ketones is 1. The van der Waals surface area contributed by atoms with Crippen molar-refractivity contribution in [2.24, 2.45) is 5.73 Å². The second kappa shape index (κ2) is 5.82. The molecule has 0 spiro atoms. The van der Waals surface area contributed by atoms with E-state index in [-0.39, 0.29) is 12.0 Å². The first kappa shape index (κ1) is 13.7. The molecule has 0 aliphatic rings. The number of benzene rings is 1. The molecule has 0 fully saturated rings. The fourth-order valence-electron chi connectivity index (χ4n) is 1.54. The predicted octanol–water partition coefficient (Wildman–Crippen LogP) is 3.02. The molecule has 0 amide bonds. The van der Waals surface area contributed by atoms with E-state index in [1.807, 2.05) is 0 Å². The monoisotopic (exact) mass is 245 g/mol. The van der Waals surface area contributed by atoms with Crippen molar-refractivity contribution in [2.45, 2.75) is 25.4 Å². The Bertz CT molecular complexity index is 388. The first-order chi connectivity index (χ1) is 7.96. The van der Waals surface area contributed by atoms with Crippen LogP contribution in [0.15, 0.2) is 24.3 Å². The highest BCUT2D eigenvalue weighted by molar-refractivity contribution is 5.97. The number of nitrogens with two attached hydrogens (primary N) is 1. The van der Waals surface area contributed by atoms with E-state index < -0.39 is 17.5 Å². The molecule has 0 aliphatic carbocycles. The molecule has 1 aromatic carbocycles. The standard InChI is InChI=1S/C12H14F3NO/c13-12(14,15)10-6-2-1-5-9(10)11(17)7-3-4-8-16/h1-2,5-6H,3-4,7-8,16H2. The van der Waals surface area contributed by atoms with Crippen molar-refractivity contribution < 1.29 is 18.0 Å². The van der Waals surface area contributed by atoms with Gasteiger partial charge in [-0.15, -0.1) is 0 Å². The van der Waals surface area contributed by atoms with E-state index >= 15 is 0 Å². The molecule has 0 aliphatic heterocycles. The van der Waals surface area contributed by atoms with Crippen LogP contribution in [-0.2, 0) is 6.18 Å². The fourth-order valence-corrected chi connectivity index (χ4v) is 1.54. The van der Waals surface area contributed by atoms with Gasteiger partial charge in [-0.1, -0.05) is 18.2 Å². The summed E-state index contributed by atoms with van der Waals surface area (Å²) in [4.78, 5) is 11.6. The van der Waals surface area contributed by atoms with Crippen LogP contribution in [0, 0.1) is 0 Å². The van der Waals surface area contributed by atoms with Crippen molar-refractivity contribution in [3.8, 4) is 0 Å². The van der Waals surface area contributed by atoms with Crippen LogP contribution >= 0.6 is 0 Å². The van der Waals surface area contributed by atoms with Gasteiger partial charge >= 0.3 is 6.18 Å². The number of alkyl halides is 3. The maximum Gasteiger partial charge on any atom is 0.417 e. The lowest BCUT2D eigenvalue weighted by atomic mass is 9.99. The summed E-state index contributed by atoms with van der Waals surface area (Å²) in [5, 5.41) is 0. The van der Waals surface area contributed by atoms with E-state index in [0.29, 0.717) is 19.4 Å². The average molecular weight is 245 g/mol. The molecule has 0 saturated carbocycles. The topological polar surface area (TPSA) is 43.1 Å². The molecule has 0 atom stereocenters. The highest BCUT2D eigenvalue weighted by Crippen LogP contribution is 2.32. The second-order valence-electron chi connectivity index (χ2n) is 3.71. The minimum Gasteiger partial charge on any atom is -0.330 e. The zero-order valence-electron chi connectivity index (χ0n) is 9.26. The molecule has 5 heteroatoms. The Labute approximate surface area is 97.6 Å². The van der Waals surface area contributed by atoms with Gasteiger partial charge in [-0.3, -0.25) is 4.79 Å². The van der Waals surface area contributed by atoms with Crippen LogP contribution in [-0.4, -0.2) is 12.3 Å². The first-order valence-electron chi connectivity index (χ1n) is 5.36. The predicted molar refractivity (Wildman–Crippen MR) is 58.7 cm³/mol. The molecule has 0 radical (unpaired) electrons. The Hall–Kier alpha value is -1.36. The van der Waals surface area contributed by atoms with Crippen LogP contribution in [0.3, 0.4) is 0 Å². The Morgan fingerprint density at radius 2 is 1.82 bits per heavy atom. The molecule has 2 nitrogen and oxygen atoms in total. The van der Waals surface area contributed by atoms with E-state index in [1.54, 1.807) is 0 Å². The highest BCUT2D eigenvalue weighted by Gasteiger charge is 2.34. The van der Waals surface area contributed by atoms with Gasteiger partial charge in [0.05, 0.1) is 5.56 Å². The number of Topliss-reactive ketones (excluding diaryl/α,β-unsaturated/α-hetero) is 1. The van der Waals surface area contributed by atoms with Crippen LogP contribution in [0.1, 0.15) is 35.2 Å². The van der Waals surface area contributed by atoms with Gasteiger partial charge in [0, 0.05) is 12.0 Å². The van der Waals surface area contributed by atoms with Crippen molar-refractivity contribution >= 4 is 5.78 Å². The highest BCUT2D eigenvalue weighted by atomic mass is 19.4. The van der Waals surface area contributed by atoms with Gasteiger partial charge in [0.1, 0.15) is 0 Å². The minimum atomic E-state index is -4.49. The lowest BCUT2D eigenvalue weighted by Crippen LogP contribution is -2.13. The summed E-state index contributed by atoms with van der Waals surface area (Å²) >= 11 is 0. The third-order valence-electron chi connectivity index (χ3n) is 2.39. The van der Waals surface area contributed by atoms with Crippen LogP contribution in [0.5, 0.6) is 0 Å². The van der Waals surface area contributed by atoms with Gasteiger partial charge in [-0.2, -0.15) is 13.2 Å². The van der Waals surface area contributed by atoms with Gasteiger partial charge in [-0.05, 0) is 25.5 Å². The van der Waals surface area contributed by atoms with Crippen LogP contribution in [0.25, 0.3) is 0 Å². The average Bonchev–Trinajstić information content (AvgIpc) is 2.28. The summed E-state index contributed by atoms with van der Waals surface area (Å²) in [5.41, 5.74) is 4.15. The molecule has 94 valence electrons. The molecule has 0 heterocycles. The van der Waals surface area contributed by atoms with E-state index in [4.69, 9.17) is 5.73 Å². The van der Waals surface area contributed by atoms with Crippen LogP contribution in [0.2, 0.25) is 0 Å². The molecule has 2 N–H and O–H groups in total. The number of hydrogen-bond donors (Lipinski definition) is 1. The Morgan fingerprint density at radius 1 is 1.18 bits per heavy atom. The second-order valence-corrected chi connectivity index (χ2v) is 3.71. The van der Waals surface area contributed by atoms with Crippen molar-refractivity contribution in [3.05, 3.63) is 35.4 Å². The fraction of sp³-hybridized carbons (Fsp3) is 0.417. The molecular weight excluding hydrogens is 231 g/mol. The van der Waals surface area contributed by atoms with Crippen molar-refractivity contribution in [1.29, 1.82) is 0 Å². The summed E-state index contributed by atoms with van der Waals surface area (Å²) < 4.78 is 37.9. The lowest BCUT2D eigenvalue weighted by molar-refractivity contribution is -0.137. The van der Waals surface area contributed by atoms with Gasteiger partial charge in [0.25, 0.3) is 0 Å². The quantitative estimate of drug-likeness (QED) is 0.640. The summed E-state index contributed by atoms with van der Waals surface area (Å²) in [5.74, 6) is -0.480.